The number of quaternary nitrogens is 1. The maximum atomic E-state index is 12.9. The third-order valence-electron chi connectivity index (χ3n) is 13.2. The Morgan fingerprint density at radius 2 is 0.831 bits per heavy atom. The summed E-state index contributed by atoms with van der Waals surface area (Å²) in [7, 11) is 1.27. The average Bonchev–Trinajstić information content (AvgIpc) is 3.26. The zero-order valence-corrected chi connectivity index (χ0v) is 45.1. The van der Waals surface area contributed by atoms with Crippen molar-refractivity contribution in [2.75, 3.05) is 40.9 Å². The van der Waals surface area contributed by atoms with Gasteiger partial charge in [0, 0.05) is 6.42 Å². The number of allylic oxidation sites excluding steroid dienone is 1. The van der Waals surface area contributed by atoms with Crippen LogP contribution in [0, 0.1) is 0 Å². The smallest absolute Gasteiger partial charge is 0.268 e. The highest BCUT2D eigenvalue weighted by Gasteiger charge is 2.23. The van der Waals surface area contributed by atoms with Gasteiger partial charge < -0.3 is 28.8 Å². The number of phosphoric ester groups is 1. The summed E-state index contributed by atoms with van der Waals surface area (Å²) < 4.78 is 23.3. The van der Waals surface area contributed by atoms with Gasteiger partial charge in [0.15, 0.2) is 0 Å². The van der Waals surface area contributed by atoms with E-state index in [-0.39, 0.29) is 19.1 Å². The summed E-state index contributed by atoms with van der Waals surface area (Å²) in [5, 5.41) is 13.8. The lowest BCUT2D eigenvalue weighted by atomic mass is 10.0. The molecule has 0 aliphatic heterocycles. The Balaban J connectivity index is 3.93. The zero-order valence-electron chi connectivity index (χ0n) is 44.2. The summed E-state index contributed by atoms with van der Waals surface area (Å²) in [6, 6.07) is -0.880. The predicted octanol–water partition coefficient (Wildman–Crippen LogP) is 16.4. The first kappa shape index (κ1) is 64.2. The maximum Gasteiger partial charge on any atom is 0.268 e. The van der Waals surface area contributed by atoms with Gasteiger partial charge in [-0.3, -0.25) is 9.36 Å². The highest BCUT2D eigenvalue weighted by molar-refractivity contribution is 7.45. The summed E-state index contributed by atoms with van der Waals surface area (Å²) in [5.41, 5.74) is 0. The van der Waals surface area contributed by atoms with Crippen molar-refractivity contribution in [3.8, 4) is 0 Å². The van der Waals surface area contributed by atoms with E-state index in [1.54, 1.807) is 6.08 Å². The first-order valence-electron chi connectivity index (χ1n) is 28.6. The van der Waals surface area contributed by atoms with Crippen LogP contribution in [0.1, 0.15) is 290 Å². The number of likely N-dealkylation sites (N-methyl/N-ethyl adjacent to an activating group) is 1. The molecule has 9 heteroatoms. The lowest BCUT2D eigenvalue weighted by molar-refractivity contribution is -0.870. The molecular weight excluding hydrogens is 828 g/mol. The van der Waals surface area contributed by atoms with Gasteiger partial charge in [-0.05, 0) is 19.3 Å². The minimum Gasteiger partial charge on any atom is -0.756 e. The van der Waals surface area contributed by atoms with Gasteiger partial charge in [-0.1, -0.05) is 276 Å². The number of phosphoric acid groups is 1. The highest BCUT2D eigenvalue weighted by atomic mass is 31.2. The van der Waals surface area contributed by atoms with Crippen molar-refractivity contribution in [3.63, 3.8) is 0 Å². The van der Waals surface area contributed by atoms with E-state index in [0.717, 1.165) is 38.5 Å². The van der Waals surface area contributed by atoms with Crippen LogP contribution in [-0.2, 0) is 18.4 Å². The number of unbranched alkanes of at least 4 members (excludes halogenated alkanes) is 40. The quantitative estimate of drug-likeness (QED) is 0.0272. The van der Waals surface area contributed by atoms with Gasteiger partial charge in [-0.15, -0.1) is 0 Å². The molecule has 65 heavy (non-hydrogen) atoms. The van der Waals surface area contributed by atoms with Crippen molar-refractivity contribution in [2.45, 2.75) is 302 Å². The lowest BCUT2D eigenvalue weighted by Gasteiger charge is -2.29. The molecule has 0 aromatic rings. The molecule has 1 unspecified atom stereocenters. The molecule has 0 aliphatic carbocycles. The van der Waals surface area contributed by atoms with Gasteiger partial charge in [0.2, 0.25) is 5.91 Å². The van der Waals surface area contributed by atoms with E-state index in [1.165, 1.54) is 231 Å². The molecule has 8 nitrogen and oxygen atoms in total. The SMILES string of the molecule is CCCCCCCCCCC/C=C/[C@@H](O)[C@H](COP(=O)([O-])OCC[N+](C)(C)C)NC(=O)CCCCCCCCCCCCCCCCCCCCCCCCCCCCCCCCCC. The van der Waals surface area contributed by atoms with Crippen LogP contribution in [0.5, 0.6) is 0 Å². The normalized spacial score (nSPS) is 14.0. The Kier molecular flexibility index (Phi) is 47.7. The zero-order chi connectivity index (χ0) is 47.8. The third-order valence-corrected chi connectivity index (χ3v) is 14.2. The largest absolute Gasteiger partial charge is 0.756 e. The number of hydrogen-bond acceptors (Lipinski definition) is 6. The van der Waals surface area contributed by atoms with Crippen LogP contribution in [0.25, 0.3) is 0 Å². The minimum absolute atomic E-state index is 0.00220. The molecule has 0 aromatic carbocycles. The fourth-order valence-corrected chi connectivity index (χ4v) is 9.47. The molecule has 0 rings (SSSR count). The van der Waals surface area contributed by atoms with E-state index < -0.39 is 20.0 Å². The molecule has 3 atom stereocenters. The number of amides is 1. The molecule has 2 N–H and O–H groups in total. The molecule has 0 aliphatic rings. The Hall–Kier alpha value is -0.760. The van der Waals surface area contributed by atoms with Gasteiger partial charge in [0.05, 0.1) is 39.9 Å². The van der Waals surface area contributed by atoms with Gasteiger partial charge in [-0.25, -0.2) is 0 Å². The predicted molar refractivity (Wildman–Crippen MR) is 279 cm³/mol. The molecule has 0 saturated carbocycles. The lowest BCUT2D eigenvalue weighted by Crippen LogP contribution is -2.45. The van der Waals surface area contributed by atoms with Gasteiger partial charge in [0.25, 0.3) is 7.82 Å². The first-order valence-corrected chi connectivity index (χ1v) is 30.0. The van der Waals surface area contributed by atoms with Crippen LogP contribution in [0.4, 0.5) is 0 Å². The number of hydrogen-bond donors (Lipinski definition) is 2. The second-order valence-electron chi connectivity index (χ2n) is 21.0. The van der Waals surface area contributed by atoms with Crippen LogP contribution in [0.15, 0.2) is 12.2 Å². The van der Waals surface area contributed by atoms with Crippen LogP contribution >= 0.6 is 7.82 Å². The molecule has 0 saturated heterocycles. The second-order valence-corrected chi connectivity index (χ2v) is 22.4. The average molecular weight is 942 g/mol. The number of nitrogens with zero attached hydrogens (tertiary/aromatic N) is 1. The van der Waals surface area contributed by atoms with Crippen LogP contribution < -0.4 is 10.2 Å². The fourth-order valence-electron chi connectivity index (χ4n) is 8.74. The van der Waals surface area contributed by atoms with E-state index in [1.807, 2.05) is 27.2 Å². The van der Waals surface area contributed by atoms with Gasteiger partial charge >= 0.3 is 0 Å². The summed E-state index contributed by atoms with van der Waals surface area (Å²) in [5.74, 6) is -0.192. The topological polar surface area (TPSA) is 108 Å². The molecule has 0 radical (unpaired) electrons. The summed E-state index contributed by atoms with van der Waals surface area (Å²) >= 11 is 0. The Morgan fingerprint density at radius 1 is 0.523 bits per heavy atom. The number of rotatable bonds is 53. The molecule has 0 heterocycles. The number of carbonyl (C=O) groups excluding carboxylic acids is 1. The Morgan fingerprint density at radius 3 is 1.15 bits per heavy atom. The van der Waals surface area contributed by atoms with Crippen LogP contribution in [0.3, 0.4) is 0 Å². The van der Waals surface area contributed by atoms with Crippen LogP contribution in [-0.4, -0.2) is 68.5 Å². The summed E-state index contributed by atoms with van der Waals surface area (Å²) in [4.78, 5) is 25.4. The monoisotopic (exact) mass is 941 g/mol. The van der Waals surface area contributed by atoms with Crippen molar-refractivity contribution < 1.29 is 32.9 Å². The van der Waals surface area contributed by atoms with Crippen molar-refractivity contribution in [1.29, 1.82) is 0 Å². The van der Waals surface area contributed by atoms with Gasteiger partial charge in [0.1, 0.15) is 13.2 Å². The standard InChI is InChI=1S/C56H113N2O6P/c1-6-8-10-12-14-16-18-19-20-21-22-23-24-25-26-27-28-29-30-31-32-33-34-35-36-37-38-40-42-44-46-48-50-56(60)57-54(53-64-65(61,62)63-52-51-58(3,4)5)55(59)49-47-45-43-41-39-17-15-13-11-9-7-2/h47,49,54-55,59H,6-46,48,50-53H2,1-5H3,(H-,57,60,61,62)/b49-47+/t54-,55+/m0/s1. The second kappa shape index (κ2) is 48.3. The molecule has 388 valence electrons. The molecule has 0 spiro atoms. The van der Waals surface area contributed by atoms with Crippen molar-refractivity contribution >= 4 is 13.7 Å². The van der Waals surface area contributed by atoms with E-state index in [0.29, 0.717) is 17.4 Å². The third kappa shape index (κ3) is 50.9. The number of aliphatic hydroxyl groups excluding tert-OH is 1. The molecule has 0 bridgehead atoms. The van der Waals surface area contributed by atoms with E-state index in [4.69, 9.17) is 9.05 Å². The molecule has 0 aromatic heterocycles. The van der Waals surface area contributed by atoms with Crippen molar-refractivity contribution in [1.82, 2.24) is 5.32 Å². The highest BCUT2D eigenvalue weighted by Crippen LogP contribution is 2.38. The Bertz CT molecular complexity index is 1070. The molecule has 1 amide bonds. The summed E-state index contributed by atoms with van der Waals surface area (Å²) in [6.45, 7) is 4.67. The minimum atomic E-state index is -4.58. The molecular formula is C56H113N2O6P. The molecule has 0 fully saturated rings. The van der Waals surface area contributed by atoms with Crippen molar-refractivity contribution in [3.05, 3.63) is 12.2 Å². The number of aliphatic hydroxyl groups is 1. The van der Waals surface area contributed by atoms with Gasteiger partial charge in [-0.2, -0.15) is 0 Å². The fraction of sp³-hybridized carbons (Fsp3) is 0.946. The maximum absolute atomic E-state index is 12.9. The first-order chi connectivity index (χ1) is 31.5. The number of carbonyl (C=O) groups is 1. The van der Waals surface area contributed by atoms with E-state index in [2.05, 4.69) is 19.2 Å². The van der Waals surface area contributed by atoms with Crippen LogP contribution in [0.2, 0.25) is 0 Å². The van der Waals surface area contributed by atoms with E-state index >= 15 is 0 Å². The van der Waals surface area contributed by atoms with E-state index in [9.17, 15) is 19.4 Å². The number of nitrogens with one attached hydrogen (secondary N) is 1. The summed E-state index contributed by atoms with van der Waals surface area (Å²) in [6.07, 6.45) is 58.8. The van der Waals surface area contributed by atoms with Crippen molar-refractivity contribution in [2.24, 2.45) is 0 Å². The Labute approximate surface area is 405 Å².